The fraction of sp³-hybridized carbons (Fsp3) is 0.600. The van der Waals surface area contributed by atoms with Crippen LogP contribution in [0.15, 0.2) is 29.1 Å². The Balaban J connectivity index is 2.01. The molecule has 0 radical (unpaired) electrons. The van der Waals surface area contributed by atoms with Gasteiger partial charge in [-0.25, -0.2) is 0 Å². The molecule has 3 nitrogen and oxygen atoms in total. The number of nitrogens with one attached hydrogen (secondary N) is 1. The SMILES string of the molecule is CCCCC1O/C(=C\C2C=CN=CC2)C(=N)C1C. The van der Waals surface area contributed by atoms with Crippen molar-refractivity contribution in [3.63, 3.8) is 0 Å². The zero-order valence-corrected chi connectivity index (χ0v) is 11.2. The first-order chi connectivity index (χ1) is 8.72. The molecule has 0 amide bonds. The molecule has 1 saturated heterocycles. The molecule has 0 aliphatic carbocycles. The van der Waals surface area contributed by atoms with Crippen molar-refractivity contribution >= 4 is 11.9 Å². The Morgan fingerprint density at radius 2 is 2.39 bits per heavy atom. The Hall–Kier alpha value is -1.38. The van der Waals surface area contributed by atoms with Crippen LogP contribution < -0.4 is 0 Å². The predicted molar refractivity (Wildman–Crippen MR) is 75.1 cm³/mol. The maximum Gasteiger partial charge on any atom is 0.137 e. The van der Waals surface area contributed by atoms with Crippen LogP contribution in [0, 0.1) is 17.2 Å². The van der Waals surface area contributed by atoms with Gasteiger partial charge in [-0.15, -0.1) is 0 Å². The lowest BCUT2D eigenvalue weighted by atomic mass is 9.96. The van der Waals surface area contributed by atoms with Crippen LogP contribution in [0.3, 0.4) is 0 Å². The van der Waals surface area contributed by atoms with Gasteiger partial charge in [-0.2, -0.15) is 0 Å². The summed E-state index contributed by atoms with van der Waals surface area (Å²) in [7, 11) is 0. The number of allylic oxidation sites excluding steroid dienone is 3. The van der Waals surface area contributed by atoms with Gasteiger partial charge in [-0.1, -0.05) is 32.8 Å². The number of hydrogen-bond acceptors (Lipinski definition) is 3. The van der Waals surface area contributed by atoms with Crippen LogP contribution in [0.1, 0.15) is 39.5 Å². The summed E-state index contributed by atoms with van der Waals surface area (Å²) in [6.07, 6.45) is 12.4. The number of hydrogen-bond donors (Lipinski definition) is 1. The third-order valence-corrected chi connectivity index (χ3v) is 3.67. The summed E-state index contributed by atoms with van der Waals surface area (Å²) in [5.41, 5.74) is 0.659. The summed E-state index contributed by atoms with van der Waals surface area (Å²) in [5, 5.41) is 8.15. The molecule has 98 valence electrons. The molecule has 0 spiro atoms. The van der Waals surface area contributed by atoms with E-state index < -0.39 is 0 Å². The minimum Gasteiger partial charge on any atom is -0.488 e. The van der Waals surface area contributed by atoms with E-state index in [2.05, 4.69) is 31.0 Å². The first-order valence-electron chi connectivity index (χ1n) is 6.88. The Bertz CT molecular complexity index is 395. The zero-order chi connectivity index (χ0) is 13.0. The molecule has 2 aliphatic heterocycles. The molecule has 2 rings (SSSR count). The summed E-state index contributed by atoms with van der Waals surface area (Å²) in [6, 6.07) is 0. The highest BCUT2D eigenvalue weighted by Gasteiger charge is 2.33. The van der Waals surface area contributed by atoms with Crippen molar-refractivity contribution in [3.8, 4) is 0 Å². The molecule has 3 heteroatoms. The van der Waals surface area contributed by atoms with E-state index in [4.69, 9.17) is 10.1 Å². The second-order valence-electron chi connectivity index (χ2n) is 5.10. The van der Waals surface area contributed by atoms with E-state index in [0.717, 1.165) is 18.6 Å². The lowest BCUT2D eigenvalue weighted by Crippen LogP contribution is -2.16. The molecule has 2 aliphatic rings. The summed E-state index contributed by atoms with van der Waals surface area (Å²) in [5.74, 6) is 1.34. The van der Waals surface area contributed by atoms with Crippen molar-refractivity contribution in [1.82, 2.24) is 0 Å². The minimum atomic E-state index is 0.199. The Morgan fingerprint density at radius 3 is 3.06 bits per heavy atom. The third kappa shape index (κ3) is 2.89. The van der Waals surface area contributed by atoms with Gasteiger partial charge in [0, 0.05) is 24.3 Å². The Labute approximate surface area is 109 Å². The lowest BCUT2D eigenvalue weighted by Gasteiger charge is -2.13. The first-order valence-corrected chi connectivity index (χ1v) is 6.88. The van der Waals surface area contributed by atoms with Gasteiger partial charge in [0.1, 0.15) is 11.9 Å². The molecule has 3 unspecified atom stereocenters. The third-order valence-electron chi connectivity index (χ3n) is 3.67. The number of ether oxygens (including phenoxy) is 1. The van der Waals surface area contributed by atoms with Crippen molar-refractivity contribution < 1.29 is 4.74 Å². The average Bonchev–Trinajstić information content (AvgIpc) is 2.66. The Kier molecular flexibility index (Phi) is 4.34. The number of aliphatic imine (C=N–C) groups is 1. The minimum absolute atomic E-state index is 0.199. The van der Waals surface area contributed by atoms with Gasteiger partial charge in [0.25, 0.3) is 0 Å². The fourth-order valence-corrected chi connectivity index (χ4v) is 2.38. The molecular formula is C15H22N2O. The van der Waals surface area contributed by atoms with Gasteiger partial charge in [0.05, 0.1) is 5.71 Å². The van der Waals surface area contributed by atoms with E-state index in [1.54, 1.807) is 0 Å². The van der Waals surface area contributed by atoms with Crippen LogP contribution in [-0.4, -0.2) is 18.0 Å². The average molecular weight is 246 g/mol. The van der Waals surface area contributed by atoms with Gasteiger partial charge < -0.3 is 10.1 Å². The molecule has 0 saturated carbocycles. The molecule has 0 aromatic rings. The number of nitrogens with zero attached hydrogens (tertiary/aromatic N) is 1. The van der Waals surface area contributed by atoms with Crippen LogP contribution in [0.25, 0.3) is 0 Å². The lowest BCUT2D eigenvalue weighted by molar-refractivity contribution is 0.123. The largest absolute Gasteiger partial charge is 0.488 e. The molecule has 3 atom stereocenters. The topological polar surface area (TPSA) is 45.4 Å². The van der Waals surface area contributed by atoms with E-state index in [9.17, 15) is 0 Å². The van der Waals surface area contributed by atoms with Gasteiger partial charge in [0.15, 0.2) is 0 Å². The highest BCUT2D eigenvalue weighted by atomic mass is 16.5. The maximum absolute atomic E-state index is 8.15. The van der Waals surface area contributed by atoms with Crippen molar-refractivity contribution in [3.05, 3.63) is 24.1 Å². The molecule has 0 aromatic carbocycles. The predicted octanol–water partition coefficient (Wildman–Crippen LogP) is 3.72. The van der Waals surface area contributed by atoms with E-state index in [1.165, 1.54) is 12.8 Å². The molecule has 1 fully saturated rings. The second kappa shape index (κ2) is 5.98. The van der Waals surface area contributed by atoms with E-state index >= 15 is 0 Å². The molecule has 0 aromatic heterocycles. The van der Waals surface area contributed by atoms with Crippen LogP contribution in [0.5, 0.6) is 0 Å². The van der Waals surface area contributed by atoms with Crippen molar-refractivity contribution in [2.75, 3.05) is 0 Å². The van der Waals surface area contributed by atoms with Gasteiger partial charge >= 0.3 is 0 Å². The van der Waals surface area contributed by atoms with Crippen LogP contribution in [0.2, 0.25) is 0 Å². The smallest absolute Gasteiger partial charge is 0.137 e. The Morgan fingerprint density at radius 1 is 1.56 bits per heavy atom. The van der Waals surface area contributed by atoms with Crippen molar-refractivity contribution in [2.24, 2.45) is 16.8 Å². The van der Waals surface area contributed by atoms with Crippen LogP contribution >= 0.6 is 0 Å². The highest BCUT2D eigenvalue weighted by molar-refractivity contribution is 5.99. The molecular weight excluding hydrogens is 224 g/mol. The molecule has 2 heterocycles. The van der Waals surface area contributed by atoms with Crippen molar-refractivity contribution in [1.29, 1.82) is 5.41 Å². The summed E-state index contributed by atoms with van der Waals surface area (Å²) in [4.78, 5) is 4.06. The maximum atomic E-state index is 8.15. The van der Waals surface area contributed by atoms with Gasteiger partial charge in [0.2, 0.25) is 0 Å². The van der Waals surface area contributed by atoms with E-state index in [-0.39, 0.29) is 12.0 Å². The normalized spacial score (nSPS) is 33.1. The van der Waals surface area contributed by atoms with Gasteiger partial charge in [-0.05, 0) is 18.9 Å². The number of rotatable bonds is 4. The monoisotopic (exact) mass is 246 g/mol. The molecule has 0 bridgehead atoms. The first kappa shape index (κ1) is 13.1. The summed E-state index contributed by atoms with van der Waals surface area (Å²) < 4.78 is 5.95. The quantitative estimate of drug-likeness (QED) is 0.807. The fourth-order valence-electron chi connectivity index (χ4n) is 2.38. The highest BCUT2D eigenvalue weighted by Crippen LogP contribution is 2.30. The van der Waals surface area contributed by atoms with E-state index in [0.29, 0.717) is 11.6 Å². The second-order valence-corrected chi connectivity index (χ2v) is 5.10. The summed E-state index contributed by atoms with van der Waals surface area (Å²) in [6.45, 7) is 4.29. The standard InChI is InChI=1S/C15H22N2O/c1-3-4-5-13-11(2)15(16)14(18-13)10-12-6-8-17-9-7-12/h6,8-13,16H,3-5,7H2,1-2H3/b14-10-,16-15?. The van der Waals surface area contributed by atoms with Crippen molar-refractivity contribution in [2.45, 2.75) is 45.6 Å². The summed E-state index contributed by atoms with van der Waals surface area (Å²) >= 11 is 0. The van der Waals surface area contributed by atoms with Gasteiger partial charge in [-0.3, -0.25) is 4.99 Å². The zero-order valence-electron chi connectivity index (χ0n) is 11.2. The van der Waals surface area contributed by atoms with Crippen LogP contribution in [-0.2, 0) is 4.74 Å². The molecule has 1 N–H and O–H groups in total. The van der Waals surface area contributed by atoms with E-state index in [1.807, 2.05) is 12.4 Å². The number of unbranched alkanes of at least 4 members (excludes halogenated alkanes) is 1. The molecule has 18 heavy (non-hydrogen) atoms. The van der Waals surface area contributed by atoms with Crippen LogP contribution in [0.4, 0.5) is 0 Å².